The van der Waals surface area contributed by atoms with Gasteiger partial charge in [-0.25, -0.2) is 0 Å². The van der Waals surface area contributed by atoms with Crippen molar-refractivity contribution in [1.29, 1.82) is 0 Å². The average molecular weight is 251 g/mol. The zero-order chi connectivity index (χ0) is 13.5. The highest BCUT2D eigenvalue weighted by Crippen LogP contribution is 2.27. The second-order valence-corrected chi connectivity index (χ2v) is 4.72. The first-order chi connectivity index (χ1) is 8.58. The standard InChI is InChI=1S/C14H25N3O/c1-5-8-17(10-9-16(2)3)12-6-7-13(15)14(11-12)18-4/h6-7,11H,5,8-10,15H2,1-4H3. The Labute approximate surface area is 110 Å². The van der Waals surface area contributed by atoms with Crippen LogP contribution < -0.4 is 15.4 Å². The first-order valence-electron chi connectivity index (χ1n) is 6.41. The number of likely N-dealkylation sites (N-methyl/N-ethyl adjacent to an activating group) is 1. The molecule has 0 aromatic heterocycles. The van der Waals surface area contributed by atoms with Gasteiger partial charge in [-0.15, -0.1) is 0 Å². The second-order valence-electron chi connectivity index (χ2n) is 4.72. The predicted octanol–water partition coefficient (Wildman–Crippen LogP) is 2.06. The lowest BCUT2D eigenvalue weighted by molar-refractivity contribution is 0.411. The summed E-state index contributed by atoms with van der Waals surface area (Å²) in [6, 6.07) is 5.98. The molecule has 102 valence electrons. The van der Waals surface area contributed by atoms with Gasteiger partial charge in [0.15, 0.2) is 0 Å². The fourth-order valence-corrected chi connectivity index (χ4v) is 1.86. The quantitative estimate of drug-likeness (QED) is 0.753. The molecule has 0 spiro atoms. The lowest BCUT2D eigenvalue weighted by Gasteiger charge is -2.26. The number of nitrogens with zero attached hydrogens (tertiary/aromatic N) is 2. The number of anilines is 2. The predicted molar refractivity (Wildman–Crippen MR) is 78.5 cm³/mol. The zero-order valence-electron chi connectivity index (χ0n) is 11.9. The summed E-state index contributed by atoms with van der Waals surface area (Å²) in [5.74, 6) is 0.749. The number of ether oxygens (including phenoxy) is 1. The summed E-state index contributed by atoms with van der Waals surface area (Å²) in [4.78, 5) is 4.55. The fourth-order valence-electron chi connectivity index (χ4n) is 1.86. The Balaban J connectivity index is 2.83. The Hall–Kier alpha value is -1.42. The highest BCUT2D eigenvalue weighted by atomic mass is 16.5. The molecule has 1 rings (SSSR count). The zero-order valence-corrected chi connectivity index (χ0v) is 11.9. The van der Waals surface area contributed by atoms with Crippen LogP contribution in [0.4, 0.5) is 11.4 Å². The first kappa shape index (κ1) is 14.6. The van der Waals surface area contributed by atoms with Crippen LogP contribution >= 0.6 is 0 Å². The second kappa shape index (κ2) is 7.11. The van der Waals surface area contributed by atoms with Gasteiger partial charge in [0.2, 0.25) is 0 Å². The lowest BCUT2D eigenvalue weighted by atomic mass is 10.2. The molecule has 0 fully saturated rings. The van der Waals surface area contributed by atoms with Crippen LogP contribution in [0.1, 0.15) is 13.3 Å². The molecule has 1 aromatic rings. The smallest absolute Gasteiger partial charge is 0.143 e. The van der Waals surface area contributed by atoms with E-state index in [2.05, 4.69) is 36.9 Å². The maximum Gasteiger partial charge on any atom is 0.143 e. The SMILES string of the molecule is CCCN(CCN(C)C)c1ccc(N)c(OC)c1. The van der Waals surface area contributed by atoms with Crippen LogP contribution in [-0.2, 0) is 0 Å². The minimum atomic E-state index is 0.685. The fraction of sp³-hybridized carbons (Fsp3) is 0.571. The highest BCUT2D eigenvalue weighted by Gasteiger charge is 2.08. The van der Waals surface area contributed by atoms with Gasteiger partial charge in [-0.2, -0.15) is 0 Å². The van der Waals surface area contributed by atoms with Gasteiger partial charge >= 0.3 is 0 Å². The van der Waals surface area contributed by atoms with E-state index in [0.717, 1.165) is 31.8 Å². The number of benzene rings is 1. The van der Waals surface area contributed by atoms with Gasteiger partial charge in [-0.05, 0) is 32.6 Å². The minimum absolute atomic E-state index is 0.685. The van der Waals surface area contributed by atoms with Gasteiger partial charge < -0.3 is 20.3 Å². The Kier molecular flexibility index (Phi) is 5.78. The van der Waals surface area contributed by atoms with E-state index in [1.54, 1.807) is 7.11 Å². The summed E-state index contributed by atoms with van der Waals surface area (Å²) >= 11 is 0. The van der Waals surface area contributed by atoms with Crippen molar-refractivity contribution in [2.45, 2.75) is 13.3 Å². The molecule has 1 aromatic carbocycles. The topological polar surface area (TPSA) is 41.7 Å². The van der Waals surface area contributed by atoms with Gasteiger partial charge in [-0.3, -0.25) is 0 Å². The molecule has 0 heterocycles. The molecule has 2 N–H and O–H groups in total. The minimum Gasteiger partial charge on any atom is -0.495 e. The van der Waals surface area contributed by atoms with Crippen LogP contribution in [0, 0.1) is 0 Å². The number of hydrogen-bond donors (Lipinski definition) is 1. The summed E-state index contributed by atoms with van der Waals surface area (Å²) in [6.07, 6.45) is 1.13. The van der Waals surface area contributed by atoms with Crippen LogP contribution in [0.5, 0.6) is 5.75 Å². The van der Waals surface area contributed by atoms with E-state index in [1.165, 1.54) is 5.69 Å². The molecule has 0 bridgehead atoms. The van der Waals surface area contributed by atoms with Gasteiger partial charge in [0.25, 0.3) is 0 Å². The molecule has 0 aliphatic heterocycles. The van der Waals surface area contributed by atoms with E-state index < -0.39 is 0 Å². The number of hydrogen-bond acceptors (Lipinski definition) is 4. The van der Waals surface area contributed by atoms with Crippen molar-refractivity contribution in [3.8, 4) is 5.75 Å². The first-order valence-corrected chi connectivity index (χ1v) is 6.41. The van der Waals surface area contributed by atoms with Crippen molar-refractivity contribution < 1.29 is 4.74 Å². The highest BCUT2D eigenvalue weighted by molar-refractivity contribution is 5.62. The number of methoxy groups -OCH3 is 1. The maximum atomic E-state index is 5.84. The van der Waals surface area contributed by atoms with Crippen molar-refractivity contribution in [1.82, 2.24) is 4.90 Å². The van der Waals surface area contributed by atoms with Crippen molar-refractivity contribution in [3.05, 3.63) is 18.2 Å². The Morgan fingerprint density at radius 1 is 1.17 bits per heavy atom. The Bertz CT molecular complexity index is 366. The van der Waals surface area contributed by atoms with Crippen LogP contribution in [0.25, 0.3) is 0 Å². The summed E-state index contributed by atoms with van der Waals surface area (Å²) in [5, 5.41) is 0. The number of nitrogen functional groups attached to an aromatic ring is 1. The van der Waals surface area contributed by atoms with E-state index in [9.17, 15) is 0 Å². The Morgan fingerprint density at radius 2 is 1.89 bits per heavy atom. The monoisotopic (exact) mass is 251 g/mol. The molecule has 0 unspecified atom stereocenters. The van der Waals surface area contributed by atoms with Crippen molar-refractivity contribution in [3.63, 3.8) is 0 Å². The molecule has 0 saturated heterocycles. The molecule has 0 amide bonds. The molecule has 0 atom stereocenters. The van der Waals surface area contributed by atoms with Crippen LogP contribution in [-0.4, -0.2) is 45.7 Å². The van der Waals surface area contributed by atoms with E-state index in [4.69, 9.17) is 10.5 Å². The average Bonchev–Trinajstić information content (AvgIpc) is 2.35. The molecule has 18 heavy (non-hydrogen) atoms. The molecule has 4 heteroatoms. The van der Waals surface area contributed by atoms with Crippen LogP contribution in [0.2, 0.25) is 0 Å². The molecule has 4 nitrogen and oxygen atoms in total. The summed E-state index contributed by atoms with van der Waals surface area (Å²) in [5.41, 5.74) is 7.70. The third-order valence-electron chi connectivity index (χ3n) is 2.89. The van der Waals surface area contributed by atoms with Crippen LogP contribution in [0.3, 0.4) is 0 Å². The van der Waals surface area contributed by atoms with Crippen molar-refractivity contribution in [2.24, 2.45) is 0 Å². The normalized spacial score (nSPS) is 10.7. The Morgan fingerprint density at radius 3 is 2.44 bits per heavy atom. The van der Waals surface area contributed by atoms with E-state index in [-0.39, 0.29) is 0 Å². The van der Waals surface area contributed by atoms with Gasteiger partial charge in [0, 0.05) is 31.4 Å². The molecular weight excluding hydrogens is 226 g/mol. The van der Waals surface area contributed by atoms with E-state index >= 15 is 0 Å². The molecule has 0 aliphatic carbocycles. The molecule has 0 saturated carbocycles. The molecular formula is C14H25N3O. The maximum absolute atomic E-state index is 5.84. The van der Waals surface area contributed by atoms with Crippen molar-refractivity contribution in [2.75, 3.05) is 51.5 Å². The number of nitrogens with two attached hydrogens (primary N) is 1. The molecule has 0 radical (unpaired) electrons. The van der Waals surface area contributed by atoms with Crippen LogP contribution in [0.15, 0.2) is 18.2 Å². The van der Waals surface area contributed by atoms with Crippen molar-refractivity contribution >= 4 is 11.4 Å². The summed E-state index contributed by atoms with van der Waals surface area (Å²) in [7, 11) is 5.83. The van der Waals surface area contributed by atoms with E-state index in [0.29, 0.717) is 5.69 Å². The molecule has 0 aliphatic rings. The lowest BCUT2D eigenvalue weighted by Crippen LogP contribution is -2.32. The third-order valence-corrected chi connectivity index (χ3v) is 2.89. The summed E-state index contributed by atoms with van der Waals surface area (Å²) < 4.78 is 5.28. The third kappa shape index (κ3) is 4.11. The largest absolute Gasteiger partial charge is 0.495 e. The summed E-state index contributed by atoms with van der Waals surface area (Å²) in [6.45, 7) is 5.28. The number of rotatable bonds is 7. The van der Waals surface area contributed by atoms with E-state index in [1.807, 2.05) is 12.1 Å². The van der Waals surface area contributed by atoms with Gasteiger partial charge in [0.1, 0.15) is 5.75 Å². The van der Waals surface area contributed by atoms with Gasteiger partial charge in [-0.1, -0.05) is 6.92 Å². The van der Waals surface area contributed by atoms with Gasteiger partial charge in [0.05, 0.1) is 12.8 Å².